The number of phenols is 2. The number of benzene rings is 2. The van der Waals surface area contributed by atoms with Gasteiger partial charge in [0, 0.05) is 0 Å². The lowest BCUT2D eigenvalue weighted by molar-refractivity contribution is 0.103. The lowest BCUT2D eigenvalue weighted by Gasteiger charge is -2.07. The van der Waals surface area contributed by atoms with Crippen LogP contribution in [0.25, 0.3) is 0 Å². The molecule has 0 fully saturated rings. The third-order valence-corrected chi connectivity index (χ3v) is 2.86. The summed E-state index contributed by atoms with van der Waals surface area (Å²) in [7, 11) is 0. The molecule has 0 aliphatic rings. The highest BCUT2D eigenvalue weighted by atomic mass is 16.3. The molecule has 0 unspecified atom stereocenters. The van der Waals surface area contributed by atoms with Crippen molar-refractivity contribution in [3.8, 4) is 11.5 Å². The standard InChI is InChI=1S/C15H14O3/c1-2-10-7-8-12(14(17)9-10)15(18)11-5-3-4-6-13(11)16/h3-9,16-17H,2H2,1H3. The van der Waals surface area contributed by atoms with Gasteiger partial charge in [-0.3, -0.25) is 4.79 Å². The average Bonchev–Trinajstić information content (AvgIpc) is 2.38. The summed E-state index contributed by atoms with van der Waals surface area (Å²) in [5, 5.41) is 19.5. The number of carbonyl (C=O) groups excluding carboxylic acids is 1. The van der Waals surface area contributed by atoms with Crippen LogP contribution in [0.2, 0.25) is 0 Å². The van der Waals surface area contributed by atoms with Crippen LogP contribution in [0.5, 0.6) is 11.5 Å². The van der Waals surface area contributed by atoms with Crippen LogP contribution < -0.4 is 0 Å². The van der Waals surface area contributed by atoms with Crippen LogP contribution in [-0.2, 0) is 6.42 Å². The van der Waals surface area contributed by atoms with Crippen molar-refractivity contribution < 1.29 is 15.0 Å². The Morgan fingerprint density at radius 1 is 1.00 bits per heavy atom. The van der Waals surface area contributed by atoms with Gasteiger partial charge in [-0.2, -0.15) is 0 Å². The monoisotopic (exact) mass is 242 g/mol. The summed E-state index contributed by atoms with van der Waals surface area (Å²) in [5.74, 6) is -0.516. The molecule has 0 amide bonds. The number of phenolic OH excluding ortho intramolecular Hbond substituents is 2. The van der Waals surface area contributed by atoms with Crippen molar-refractivity contribution >= 4 is 5.78 Å². The fourth-order valence-corrected chi connectivity index (χ4v) is 1.80. The van der Waals surface area contributed by atoms with Gasteiger partial charge in [0.05, 0.1) is 11.1 Å². The minimum atomic E-state index is -0.381. The molecule has 0 radical (unpaired) electrons. The zero-order chi connectivity index (χ0) is 13.1. The molecule has 2 aromatic carbocycles. The molecule has 0 aliphatic carbocycles. The van der Waals surface area contributed by atoms with Crippen molar-refractivity contribution in [2.75, 3.05) is 0 Å². The quantitative estimate of drug-likeness (QED) is 0.814. The van der Waals surface area contributed by atoms with Crippen LogP contribution >= 0.6 is 0 Å². The molecule has 0 saturated heterocycles. The first-order valence-electron chi connectivity index (χ1n) is 5.78. The predicted molar refractivity (Wildman–Crippen MR) is 69.0 cm³/mol. The van der Waals surface area contributed by atoms with Crippen LogP contribution in [0, 0.1) is 0 Å². The van der Waals surface area contributed by atoms with Gasteiger partial charge in [0.1, 0.15) is 11.5 Å². The maximum absolute atomic E-state index is 12.2. The molecule has 3 nitrogen and oxygen atoms in total. The molecule has 0 saturated carbocycles. The second-order valence-corrected chi connectivity index (χ2v) is 4.05. The number of aromatic hydroxyl groups is 2. The Morgan fingerprint density at radius 2 is 1.67 bits per heavy atom. The fraction of sp³-hybridized carbons (Fsp3) is 0.133. The van der Waals surface area contributed by atoms with Crippen molar-refractivity contribution in [2.24, 2.45) is 0 Å². The second kappa shape index (κ2) is 4.92. The van der Waals surface area contributed by atoms with Gasteiger partial charge in [-0.15, -0.1) is 0 Å². The molecule has 0 spiro atoms. The first kappa shape index (κ1) is 12.2. The normalized spacial score (nSPS) is 10.3. The first-order valence-corrected chi connectivity index (χ1v) is 5.78. The highest BCUT2D eigenvalue weighted by Crippen LogP contribution is 2.26. The third kappa shape index (κ3) is 2.20. The minimum Gasteiger partial charge on any atom is -0.507 e. The molecule has 2 rings (SSSR count). The lowest BCUT2D eigenvalue weighted by Crippen LogP contribution is -2.02. The van der Waals surface area contributed by atoms with E-state index in [1.165, 1.54) is 12.1 Å². The van der Waals surface area contributed by atoms with Crippen LogP contribution in [0.15, 0.2) is 42.5 Å². The van der Waals surface area contributed by atoms with E-state index in [-0.39, 0.29) is 28.4 Å². The number of hydrogen-bond acceptors (Lipinski definition) is 3. The smallest absolute Gasteiger partial charge is 0.200 e. The summed E-state index contributed by atoms with van der Waals surface area (Å²) in [6, 6.07) is 11.3. The molecule has 0 heterocycles. The number of para-hydroxylation sites is 1. The van der Waals surface area contributed by atoms with Crippen molar-refractivity contribution in [2.45, 2.75) is 13.3 Å². The number of ketones is 1. The van der Waals surface area contributed by atoms with Crippen molar-refractivity contribution in [3.05, 3.63) is 59.2 Å². The fourth-order valence-electron chi connectivity index (χ4n) is 1.80. The van der Waals surface area contributed by atoms with E-state index in [4.69, 9.17) is 0 Å². The van der Waals surface area contributed by atoms with Gasteiger partial charge < -0.3 is 10.2 Å². The molecule has 0 atom stereocenters. The Morgan fingerprint density at radius 3 is 2.28 bits per heavy atom. The second-order valence-electron chi connectivity index (χ2n) is 4.05. The van der Waals surface area contributed by atoms with Gasteiger partial charge in [0.2, 0.25) is 0 Å². The molecular formula is C15H14O3. The summed E-state index contributed by atoms with van der Waals surface area (Å²) >= 11 is 0. The van der Waals surface area contributed by atoms with E-state index in [1.54, 1.807) is 30.3 Å². The molecule has 3 heteroatoms. The van der Waals surface area contributed by atoms with Gasteiger partial charge >= 0.3 is 0 Å². The van der Waals surface area contributed by atoms with E-state index in [0.29, 0.717) is 0 Å². The topological polar surface area (TPSA) is 57.5 Å². The zero-order valence-corrected chi connectivity index (χ0v) is 10.1. The number of carbonyl (C=O) groups is 1. The van der Waals surface area contributed by atoms with Crippen molar-refractivity contribution in [3.63, 3.8) is 0 Å². The Balaban J connectivity index is 2.44. The highest BCUT2D eigenvalue weighted by Gasteiger charge is 2.16. The summed E-state index contributed by atoms with van der Waals surface area (Å²) in [5.41, 5.74) is 1.35. The highest BCUT2D eigenvalue weighted by molar-refractivity contribution is 6.12. The summed E-state index contributed by atoms with van der Waals surface area (Å²) in [6.45, 7) is 1.97. The lowest BCUT2D eigenvalue weighted by atomic mass is 9.99. The molecule has 18 heavy (non-hydrogen) atoms. The number of rotatable bonds is 3. The van der Waals surface area contributed by atoms with Crippen molar-refractivity contribution in [1.82, 2.24) is 0 Å². The maximum atomic E-state index is 12.2. The average molecular weight is 242 g/mol. The predicted octanol–water partition coefficient (Wildman–Crippen LogP) is 2.89. The summed E-state index contributed by atoms with van der Waals surface area (Å²) < 4.78 is 0. The Bertz CT molecular complexity index is 588. The SMILES string of the molecule is CCc1ccc(C(=O)c2ccccc2O)c(O)c1. The van der Waals surface area contributed by atoms with E-state index in [9.17, 15) is 15.0 Å². The van der Waals surface area contributed by atoms with Crippen LogP contribution in [0.1, 0.15) is 28.4 Å². The van der Waals surface area contributed by atoms with Crippen molar-refractivity contribution in [1.29, 1.82) is 0 Å². The van der Waals surface area contributed by atoms with E-state index in [2.05, 4.69) is 0 Å². The van der Waals surface area contributed by atoms with Crippen LogP contribution in [0.3, 0.4) is 0 Å². The Labute approximate surface area is 105 Å². The van der Waals surface area contributed by atoms with E-state index in [1.807, 2.05) is 6.92 Å². The van der Waals surface area contributed by atoms with E-state index < -0.39 is 0 Å². The number of hydrogen-bond donors (Lipinski definition) is 2. The maximum Gasteiger partial charge on any atom is 0.200 e. The van der Waals surface area contributed by atoms with Gasteiger partial charge in [0.15, 0.2) is 5.78 Å². The zero-order valence-electron chi connectivity index (χ0n) is 10.1. The third-order valence-electron chi connectivity index (χ3n) is 2.86. The van der Waals surface area contributed by atoms with Gasteiger partial charge in [0.25, 0.3) is 0 Å². The number of aryl methyl sites for hydroxylation is 1. The van der Waals surface area contributed by atoms with E-state index in [0.717, 1.165) is 12.0 Å². The van der Waals surface area contributed by atoms with Gasteiger partial charge in [-0.05, 0) is 36.2 Å². The molecule has 0 aliphatic heterocycles. The summed E-state index contributed by atoms with van der Waals surface area (Å²) in [4.78, 5) is 12.2. The Kier molecular flexibility index (Phi) is 3.33. The molecule has 2 aromatic rings. The van der Waals surface area contributed by atoms with Gasteiger partial charge in [-0.1, -0.05) is 25.1 Å². The first-order chi connectivity index (χ1) is 8.63. The largest absolute Gasteiger partial charge is 0.507 e. The molecular weight excluding hydrogens is 228 g/mol. The van der Waals surface area contributed by atoms with Crippen LogP contribution in [-0.4, -0.2) is 16.0 Å². The van der Waals surface area contributed by atoms with E-state index >= 15 is 0 Å². The molecule has 0 bridgehead atoms. The van der Waals surface area contributed by atoms with Gasteiger partial charge in [-0.25, -0.2) is 0 Å². The molecule has 0 aromatic heterocycles. The van der Waals surface area contributed by atoms with Crippen LogP contribution in [0.4, 0.5) is 0 Å². The molecule has 92 valence electrons. The Hall–Kier alpha value is -2.29. The minimum absolute atomic E-state index is 0.0531. The molecule has 2 N–H and O–H groups in total. The summed E-state index contributed by atoms with van der Waals surface area (Å²) in [6.07, 6.45) is 0.790.